The summed E-state index contributed by atoms with van der Waals surface area (Å²) >= 11 is 0. The first kappa shape index (κ1) is 20.2. The van der Waals surface area contributed by atoms with Crippen LogP contribution in [0.3, 0.4) is 0 Å². The molecule has 0 aliphatic carbocycles. The molecule has 0 fully saturated rings. The van der Waals surface area contributed by atoms with Gasteiger partial charge in [-0.3, -0.25) is 0 Å². The molecular weight excluding hydrogens is 265 g/mol. The minimum Gasteiger partial charge on any atom is -0.184 e. The molecule has 0 saturated heterocycles. The van der Waals surface area contributed by atoms with Crippen LogP contribution >= 0.6 is 0 Å². The molecule has 0 atom stereocenters. The van der Waals surface area contributed by atoms with Gasteiger partial charge in [0.1, 0.15) is 0 Å². The molecule has 0 spiro atoms. The molecule has 0 N–H and O–H groups in total. The van der Waals surface area contributed by atoms with E-state index in [1.807, 2.05) is 24.3 Å². The van der Waals surface area contributed by atoms with E-state index in [1.165, 1.54) is 11.1 Å². The van der Waals surface area contributed by atoms with E-state index in [9.17, 15) is 0 Å². The van der Waals surface area contributed by atoms with Gasteiger partial charge < -0.3 is 0 Å². The van der Waals surface area contributed by atoms with Gasteiger partial charge in [-0.05, 0) is 10.8 Å². The molecule has 1 heteroatoms. The first-order valence-electron chi connectivity index (χ1n) is 7.14. The summed E-state index contributed by atoms with van der Waals surface area (Å²) in [5.74, 6) is 0. The summed E-state index contributed by atoms with van der Waals surface area (Å²) in [6.45, 7) is 13.3. The summed E-state index contributed by atoms with van der Waals surface area (Å²) in [6, 6.07) is 22.3. The van der Waals surface area contributed by atoms with E-state index < -0.39 is 0 Å². The molecule has 108 valence electrons. The molecule has 2 rings (SSSR count). The van der Waals surface area contributed by atoms with Crippen molar-refractivity contribution in [3.8, 4) is 0 Å². The Kier molecular flexibility index (Phi) is 8.28. The van der Waals surface area contributed by atoms with Gasteiger partial charge in [0.2, 0.25) is 0 Å². The molecule has 0 unspecified atom stereocenters. The Balaban J connectivity index is 0.000000364. The Morgan fingerprint density at radius 2 is 0.810 bits per heavy atom. The zero-order valence-electron chi connectivity index (χ0n) is 14.3. The molecule has 2 aromatic rings. The fourth-order valence-corrected chi connectivity index (χ4v) is 1.77. The van der Waals surface area contributed by atoms with Crippen LogP contribution in [0, 0.1) is 12.1 Å². The van der Waals surface area contributed by atoms with Crippen LogP contribution in [0.4, 0.5) is 0 Å². The zero-order valence-corrected chi connectivity index (χ0v) is 15.7. The molecule has 0 aromatic heterocycles. The Morgan fingerprint density at radius 1 is 0.571 bits per heavy atom. The van der Waals surface area contributed by atoms with Crippen molar-refractivity contribution in [3.63, 3.8) is 0 Å². The summed E-state index contributed by atoms with van der Waals surface area (Å²) in [4.78, 5) is 0. The molecule has 0 aliphatic heterocycles. The van der Waals surface area contributed by atoms with Crippen molar-refractivity contribution >= 4 is 23.1 Å². The van der Waals surface area contributed by atoms with Gasteiger partial charge in [-0.15, -0.1) is 0 Å². The second-order valence-corrected chi connectivity index (χ2v) is 7.08. The third kappa shape index (κ3) is 7.68. The topological polar surface area (TPSA) is 0 Å². The van der Waals surface area contributed by atoms with E-state index in [0.29, 0.717) is 0 Å². The minimum absolute atomic E-state index is 0. The van der Waals surface area contributed by atoms with E-state index in [4.69, 9.17) is 0 Å². The second-order valence-electron chi connectivity index (χ2n) is 7.08. The van der Waals surface area contributed by atoms with E-state index in [1.54, 1.807) is 0 Å². The average Bonchev–Trinajstić information content (AvgIpc) is 2.40. The van der Waals surface area contributed by atoms with Gasteiger partial charge in [-0.25, -0.2) is 0 Å². The standard InChI is InChI=1S/2C10H13.Mg/c2*1-10(2,3)9-7-5-4-6-8-9;/h2*5-8H,1-3H3;/q2*-1;+2. The van der Waals surface area contributed by atoms with Crippen molar-refractivity contribution in [1.82, 2.24) is 0 Å². The predicted molar refractivity (Wildman–Crippen MR) is 93.7 cm³/mol. The molecular formula is C20H26Mg. The SMILES string of the molecule is CC(C)(C)c1cc[c-]cc1.CC(C)(C)c1cc[c-]cc1.[Mg+2]. The van der Waals surface area contributed by atoms with Crippen molar-refractivity contribution in [3.05, 3.63) is 71.8 Å². The molecule has 21 heavy (non-hydrogen) atoms. The van der Waals surface area contributed by atoms with Crippen molar-refractivity contribution < 1.29 is 0 Å². The molecule has 2 aromatic carbocycles. The van der Waals surface area contributed by atoms with Crippen molar-refractivity contribution in [1.29, 1.82) is 0 Å². The van der Waals surface area contributed by atoms with E-state index in [0.717, 1.165) is 0 Å². The van der Waals surface area contributed by atoms with Crippen LogP contribution in [0.1, 0.15) is 52.7 Å². The Labute approximate surface area is 147 Å². The van der Waals surface area contributed by atoms with Gasteiger partial charge in [0.15, 0.2) is 0 Å². The average molecular weight is 291 g/mol. The molecule has 0 bridgehead atoms. The van der Waals surface area contributed by atoms with Crippen LogP contribution in [0.2, 0.25) is 0 Å². The van der Waals surface area contributed by atoms with Gasteiger partial charge in [0.25, 0.3) is 0 Å². The van der Waals surface area contributed by atoms with Crippen molar-refractivity contribution in [2.75, 3.05) is 0 Å². The normalized spacial score (nSPS) is 11.0. The maximum absolute atomic E-state index is 3.00. The number of hydrogen-bond donors (Lipinski definition) is 0. The molecule has 0 amide bonds. The van der Waals surface area contributed by atoms with Crippen molar-refractivity contribution in [2.24, 2.45) is 0 Å². The van der Waals surface area contributed by atoms with Gasteiger partial charge in [-0.2, -0.15) is 71.8 Å². The van der Waals surface area contributed by atoms with Crippen LogP contribution < -0.4 is 0 Å². The summed E-state index contributed by atoms with van der Waals surface area (Å²) in [7, 11) is 0. The molecule has 0 saturated carbocycles. The summed E-state index contributed by atoms with van der Waals surface area (Å²) in [6.07, 6.45) is 0. The van der Waals surface area contributed by atoms with Crippen LogP contribution in [0.15, 0.2) is 48.5 Å². The Bertz CT molecular complexity index is 437. The van der Waals surface area contributed by atoms with Gasteiger partial charge in [0.05, 0.1) is 0 Å². The zero-order chi connectivity index (χ0) is 15.2. The maximum atomic E-state index is 3.00. The minimum atomic E-state index is 0. The molecule has 0 aliphatic rings. The Morgan fingerprint density at radius 3 is 0.952 bits per heavy atom. The van der Waals surface area contributed by atoms with Crippen LogP contribution in [-0.2, 0) is 10.8 Å². The Hall–Kier alpha value is -0.794. The molecule has 0 heterocycles. The quantitative estimate of drug-likeness (QED) is 0.463. The fourth-order valence-electron chi connectivity index (χ4n) is 1.77. The van der Waals surface area contributed by atoms with Gasteiger partial charge in [0, 0.05) is 0 Å². The van der Waals surface area contributed by atoms with Crippen molar-refractivity contribution in [2.45, 2.75) is 52.4 Å². The largest absolute Gasteiger partial charge is 2.00 e. The van der Waals surface area contributed by atoms with Crippen LogP contribution in [-0.4, -0.2) is 23.1 Å². The smallest absolute Gasteiger partial charge is 0.184 e. The van der Waals surface area contributed by atoms with E-state index in [-0.39, 0.29) is 33.9 Å². The summed E-state index contributed by atoms with van der Waals surface area (Å²) in [5.41, 5.74) is 3.28. The first-order valence-corrected chi connectivity index (χ1v) is 7.14. The number of rotatable bonds is 0. The monoisotopic (exact) mass is 290 g/mol. The van der Waals surface area contributed by atoms with E-state index in [2.05, 4.69) is 77.9 Å². The van der Waals surface area contributed by atoms with Gasteiger partial charge >= 0.3 is 23.1 Å². The number of hydrogen-bond acceptors (Lipinski definition) is 0. The van der Waals surface area contributed by atoms with E-state index >= 15 is 0 Å². The summed E-state index contributed by atoms with van der Waals surface area (Å²) < 4.78 is 0. The maximum Gasteiger partial charge on any atom is 2.00 e. The van der Waals surface area contributed by atoms with Gasteiger partial charge in [-0.1, -0.05) is 41.5 Å². The number of benzene rings is 2. The third-order valence-corrected chi connectivity index (χ3v) is 3.17. The van der Waals surface area contributed by atoms with Crippen LogP contribution in [0.25, 0.3) is 0 Å². The fraction of sp³-hybridized carbons (Fsp3) is 0.400. The predicted octanol–water partition coefficient (Wildman–Crippen LogP) is 5.19. The molecule has 0 nitrogen and oxygen atoms in total. The van der Waals surface area contributed by atoms with Crippen LogP contribution in [0.5, 0.6) is 0 Å². The summed E-state index contributed by atoms with van der Waals surface area (Å²) in [5, 5.41) is 0. The molecule has 0 radical (unpaired) electrons. The second kappa shape index (κ2) is 8.60. The first-order chi connectivity index (χ1) is 9.21. The third-order valence-electron chi connectivity index (χ3n) is 3.17.